The van der Waals surface area contributed by atoms with Crippen molar-refractivity contribution < 1.29 is 74.7 Å². The first-order chi connectivity index (χ1) is 15.5. The Hall–Kier alpha value is -0.600. The van der Waals surface area contributed by atoms with E-state index in [2.05, 4.69) is 0 Å². The van der Waals surface area contributed by atoms with Crippen molar-refractivity contribution in [3.63, 3.8) is 0 Å². The Morgan fingerprint density at radius 3 is 1.61 bits per heavy atom. The van der Waals surface area contributed by atoms with E-state index < -0.39 is 105 Å². The summed E-state index contributed by atoms with van der Waals surface area (Å²) in [7, 11) is 0. The van der Waals surface area contributed by atoms with Gasteiger partial charge < -0.3 is 74.7 Å². The van der Waals surface area contributed by atoms with Gasteiger partial charge in [0.1, 0.15) is 67.1 Å². The molecule has 3 fully saturated rings. The standard InChI is InChI=1S/C18H32O15/c1-4-7(21)10(24)12(26)17(29-4)33-15-14(9(23)6(3-20)30-16(15)28)32-18-13(27)11(25)8(22)5(2-19)31-18/h4-28H,2-3H2,1H3/t4-,5-,6-,7+,8+,9+,10+,11+,12-,13-,14+,15-,16-,17-,18-/m1/s1. The van der Waals surface area contributed by atoms with Crippen LogP contribution in [0.25, 0.3) is 0 Å². The zero-order valence-corrected chi connectivity index (χ0v) is 17.6. The Balaban J connectivity index is 1.82. The van der Waals surface area contributed by atoms with Crippen LogP contribution in [-0.4, -0.2) is 156 Å². The van der Waals surface area contributed by atoms with E-state index in [4.69, 9.17) is 23.7 Å². The lowest BCUT2D eigenvalue weighted by molar-refractivity contribution is -0.386. The maximum atomic E-state index is 10.6. The van der Waals surface area contributed by atoms with Crippen molar-refractivity contribution in [1.29, 1.82) is 0 Å². The van der Waals surface area contributed by atoms with E-state index in [0.29, 0.717) is 0 Å². The molecule has 33 heavy (non-hydrogen) atoms. The van der Waals surface area contributed by atoms with Crippen LogP contribution in [0.1, 0.15) is 6.92 Å². The van der Waals surface area contributed by atoms with Crippen LogP contribution >= 0.6 is 0 Å². The molecule has 3 rings (SSSR count). The summed E-state index contributed by atoms with van der Waals surface area (Å²) in [6.07, 6.45) is -24.1. The molecule has 3 aliphatic rings. The predicted octanol–water partition coefficient (Wildman–Crippen LogP) is -6.55. The van der Waals surface area contributed by atoms with Crippen molar-refractivity contribution >= 4 is 0 Å². The number of hydrogen-bond acceptors (Lipinski definition) is 15. The Morgan fingerprint density at radius 1 is 0.545 bits per heavy atom. The van der Waals surface area contributed by atoms with E-state index in [-0.39, 0.29) is 0 Å². The Bertz CT molecular complexity index is 624. The van der Waals surface area contributed by atoms with Crippen molar-refractivity contribution in [2.45, 2.75) is 99.0 Å². The van der Waals surface area contributed by atoms with Gasteiger partial charge in [-0.3, -0.25) is 0 Å². The molecule has 15 heteroatoms. The third kappa shape index (κ3) is 5.32. The summed E-state index contributed by atoms with van der Waals surface area (Å²) in [5.41, 5.74) is 0. The first-order valence-electron chi connectivity index (χ1n) is 10.4. The molecular formula is C18H32O15. The number of ether oxygens (including phenoxy) is 5. The molecule has 0 aromatic rings. The van der Waals surface area contributed by atoms with Crippen LogP contribution in [0.15, 0.2) is 0 Å². The molecule has 0 amide bonds. The van der Waals surface area contributed by atoms with E-state index in [1.807, 2.05) is 0 Å². The van der Waals surface area contributed by atoms with Crippen LogP contribution < -0.4 is 0 Å². The zero-order chi connectivity index (χ0) is 24.6. The fraction of sp³-hybridized carbons (Fsp3) is 1.00. The minimum atomic E-state index is -1.88. The maximum absolute atomic E-state index is 10.6. The van der Waals surface area contributed by atoms with Gasteiger partial charge in [-0.15, -0.1) is 0 Å². The molecule has 0 saturated carbocycles. The monoisotopic (exact) mass is 488 g/mol. The summed E-state index contributed by atoms with van der Waals surface area (Å²) in [5, 5.41) is 100.0. The van der Waals surface area contributed by atoms with Crippen LogP contribution in [0.2, 0.25) is 0 Å². The Kier molecular flexibility index (Phi) is 8.99. The van der Waals surface area contributed by atoms with Crippen LogP contribution in [-0.2, 0) is 23.7 Å². The lowest BCUT2D eigenvalue weighted by Crippen LogP contribution is -2.66. The van der Waals surface area contributed by atoms with Crippen molar-refractivity contribution in [3.05, 3.63) is 0 Å². The number of hydrogen-bond donors (Lipinski definition) is 10. The van der Waals surface area contributed by atoms with E-state index in [1.165, 1.54) is 6.92 Å². The zero-order valence-electron chi connectivity index (χ0n) is 17.6. The number of aliphatic hydroxyl groups excluding tert-OH is 10. The lowest BCUT2D eigenvalue weighted by Gasteiger charge is -2.48. The smallest absolute Gasteiger partial charge is 0.187 e. The highest BCUT2D eigenvalue weighted by atomic mass is 16.8. The molecule has 0 radical (unpaired) electrons. The highest BCUT2D eigenvalue weighted by Gasteiger charge is 2.53. The van der Waals surface area contributed by atoms with Crippen LogP contribution in [0, 0.1) is 0 Å². The minimum Gasteiger partial charge on any atom is -0.394 e. The molecule has 3 saturated heterocycles. The summed E-state index contributed by atoms with van der Waals surface area (Å²) in [5.74, 6) is 0. The molecule has 0 unspecified atom stereocenters. The summed E-state index contributed by atoms with van der Waals surface area (Å²) in [6, 6.07) is 0. The Labute approximate surface area is 187 Å². The van der Waals surface area contributed by atoms with Gasteiger partial charge in [0.15, 0.2) is 18.9 Å². The average molecular weight is 488 g/mol. The maximum Gasteiger partial charge on any atom is 0.187 e. The minimum absolute atomic E-state index is 0.747. The average Bonchev–Trinajstić information content (AvgIpc) is 2.79. The molecule has 0 aliphatic carbocycles. The first-order valence-corrected chi connectivity index (χ1v) is 10.4. The molecule has 15 nitrogen and oxygen atoms in total. The third-order valence-electron chi connectivity index (χ3n) is 6.06. The number of aliphatic hydroxyl groups is 10. The van der Waals surface area contributed by atoms with E-state index >= 15 is 0 Å². The highest BCUT2D eigenvalue weighted by Crippen LogP contribution is 2.32. The molecule has 3 aliphatic heterocycles. The molecule has 10 N–H and O–H groups in total. The molecule has 15 atom stereocenters. The van der Waals surface area contributed by atoms with Gasteiger partial charge in [0.2, 0.25) is 0 Å². The second kappa shape index (κ2) is 11.0. The van der Waals surface area contributed by atoms with Crippen molar-refractivity contribution in [3.8, 4) is 0 Å². The predicted molar refractivity (Wildman–Crippen MR) is 99.8 cm³/mol. The van der Waals surface area contributed by atoms with Crippen LogP contribution in [0.3, 0.4) is 0 Å². The van der Waals surface area contributed by atoms with Crippen molar-refractivity contribution in [1.82, 2.24) is 0 Å². The third-order valence-corrected chi connectivity index (χ3v) is 6.06. The van der Waals surface area contributed by atoms with Crippen LogP contribution in [0.5, 0.6) is 0 Å². The molecule has 0 spiro atoms. The van der Waals surface area contributed by atoms with Gasteiger partial charge in [0.25, 0.3) is 0 Å². The van der Waals surface area contributed by atoms with Gasteiger partial charge in [0.05, 0.1) is 19.3 Å². The lowest BCUT2D eigenvalue weighted by atomic mass is 9.96. The van der Waals surface area contributed by atoms with E-state index in [9.17, 15) is 51.1 Å². The van der Waals surface area contributed by atoms with Gasteiger partial charge in [-0.25, -0.2) is 0 Å². The van der Waals surface area contributed by atoms with E-state index in [1.54, 1.807) is 0 Å². The summed E-state index contributed by atoms with van der Waals surface area (Å²) < 4.78 is 26.7. The molecular weight excluding hydrogens is 456 g/mol. The summed E-state index contributed by atoms with van der Waals surface area (Å²) >= 11 is 0. The normalized spacial score (nSPS) is 53.7. The fourth-order valence-corrected chi connectivity index (χ4v) is 3.97. The quantitative estimate of drug-likeness (QED) is 0.167. The van der Waals surface area contributed by atoms with Gasteiger partial charge in [0, 0.05) is 0 Å². The summed E-state index contributed by atoms with van der Waals surface area (Å²) in [4.78, 5) is 0. The highest BCUT2D eigenvalue weighted by molar-refractivity contribution is 4.96. The molecule has 0 bridgehead atoms. The van der Waals surface area contributed by atoms with Gasteiger partial charge in [-0.2, -0.15) is 0 Å². The van der Waals surface area contributed by atoms with Gasteiger partial charge >= 0.3 is 0 Å². The molecule has 194 valence electrons. The number of rotatable bonds is 6. The van der Waals surface area contributed by atoms with Crippen molar-refractivity contribution in [2.75, 3.05) is 13.2 Å². The second-order valence-electron chi connectivity index (χ2n) is 8.32. The van der Waals surface area contributed by atoms with Crippen molar-refractivity contribution in [2.24, 2.45) is 0 Å². The van der Waals surface area contributed by atoms with E-state index in [0.717, 1.165) is 0 Å². The fourth-order valence-electron chi connectivity index (χ4n) is 3.97. The largest absolute Gasteiger partial charge is 0.394 e. The van der Waals surface area contributed by atoms with Gasteiger partial charge in [-0.05, 0) is 6.92 Å². The molecule has 0 aromatic heterocycles. The second-order valence-corrected chi connectivity index (χ2v) is 8.32. The molecule has 0 aromatic carbocycles. The topological polar surface area (TPSA) is 248 Å². The van der Waals surface area contributed by atoms with Gasteiger partial charge in [-0.1, -0.05) is 0 Å². The SMILES string of the molecule is C[C@H]1O[C@H](O[C@@H]2[C@@H](O[C@H]3O[C@H](CO)[C@H](O)[C@H](O)[C@H]3O)[C@@H](O)[C@@H](CO)O[C@H]2O)[C@H](O)[C@@H](O)[C@H]1O. The Morgan fingerprint density at radius 2 is 1.03 bits per heavy atom. The summed E-state index contributed by atoms with van der Waals surface area (Å²) in [6.45, 7) is -0.115. The van der Waals surface area contributed by atoms with Crippen LogP contribution in [0.4, 0.5) is 0 Å². The molecule has 3 heterocycles. The first kappa shape index (κ1) is 27.0.